The topological polar surface area (TPSA) is 96.3 Å². The number of rotatable bonds is 6. The number of nitrogens with one attached hydrogen (secondary N) is 2. The molecule has 0 spiro atoms. The SMILES string of the molecule is C#C/C=C(/C)C(=NC)C(=O)NCCNC(=O)c1cccc2nc3ccccc3nc12. The average molecular weight is 399 g/mol. The van der Waals surface area contributed by atoms with E-state index in [0.29, 0.717) is 22.2 Å². The van der Waals surface area contributed by atoms with Crippen LogP contribution < -0.4 is 10.6 Å². The number of fused-ring (bicyclic) bond motifs is 2. The summed E-state index contributed by atoms with van der Waals surface area (Å²) in [6, 6.07) is 12.8. The van der Waals surface area contributed by atoms with Crippen LogP contribution in [-0.4, -0.2) is 47.6 Å². The molecule has 0 aliphatic carbocycles. The number of carbonyl (C=O) groups is 2. The van der Waals surface area contributed by atoms with Crippen LogP contribution in [0.3, 0.4) is 0 Å². The summed E-state index contributed by atoms with van der Waals surface area (Å²) in [4.78, 5) is 38.0. The predicted molar refractivity (Wildman–Crippen MR) is 118 cm³/mol. The Labute approximate surface area is 174 Å². The molecule has 7 nitrogen and oxygen atoms in total. The van der Waals surface area contributed by atoms with Crippen LogP contribution in [0.25, 0.3) is 22.1 Å². The van der Waals surface area contributed by atoms with Crippen molar-refractivity contribution in [3.8, 4) is 12.3 Å². The van der Waals surface area contributed by atoms with Crippen LogP contribution >= 0.6 is 0 Å². The molecule has 0 unspecified atom stereocenters. The van der Waals surface area contributed by atoms with Crippen LogP contribution in [0.2, 0.25) is 0 Å². The highest BCUT2D eigenvalue weighted by Gasteiger charge is 2.14. The molecule has 0 aliphatic heterocycles. The van der Waals surface area contributed by atoms with Crippen LogP contribution in [0.15, 0.2) is 59.1 Å². The van der Waals surface area contributed by atoms with Crippen molar-refractivity contribution in [1.29, 1.82) is 0 Å². The molecular formula is C23H21N5O2. The van der Waals surface area contributed by atoms with Crippen LogP contribution in [-0.2, 0) is 4.79 Å². The van der Waals surface area contributed by atoms with Crippen molar-refractivity contribution >= 4 is 39.6 Å². The Balaban J connectivity index is 1.66. The number of aliphatic imine (C=N–C) groups is 1. The lowest BCUT2D eigenvalue weighted by Gasteiger charge is -2.10. The Kier molecular flexibility index (Phi) is 6.50. The fourth-order valence-electron chi connectivity index (χ4n) is 3.01. The summed E-state index contributed by atoms with van der Waals surface area (Å²) in [5, 5.41) is 5.52. The number of hydrogen-bond acceptors (Lipinski definition) is 5. The van der Waals surface area contributed by atoms with Crippen molar-refractivity contribution in [3.05, 3.63) is 59.7 Å². The van der Waals surface area contributed by atoms with Gasteiger partial charge in [0, 0.05) is 20.1 Å². The van der Waals surface area contributed by atoms with Gasteiger partial charge in [-0.1, -0.05) is 24.1 Å². The lowest BCUT2D eigenvalue weighted by molar-refractivity contribution is -0.114. The van der Waals surface area contributed by atoms with Crippen molar-refractivity contribution in [2.45, 2.75) is 6.92 Å². The van der Waals surface area contributed by atoms with Crippen LogP contribution in [0.1, 0.15) is 17.3 Å². The van der Waals surface area contributed by atoms with Crippen molar-refractivity contribution in [2.24, 2.45) is 4.99 Å². The highest BCUT2D eigenvalue weighted by atomic mass is 16.2. The van der Waals surface area contributed by atoms with Gasteiger partial charge in [-0.2, -0.15) is 0 Å². The lowest BCUT2D eigenvalue weighted by Crippen LogP contribution is -2.38. The standard InChI is InChI=1S/C23H21N5O2/c1-4-8-15(2)20(24-3)23(30)26-14-13-25-22(29)16-9-7-12-19-21(16)28-18-11-6-5-10-17(18)27-19/h1,5-12H,13-14H2,2-3H3,(H,25,29)(H,26,30)/b15-8-,24-20?. The van der Waals surface area contributed by atoms with E-state index in [9.17, 15) is 9.59 Å². The zero-order valence-corrected chi connectivity index (χ0v) is 16.8. The highest BCUT2D eigenvalue weighted by molar-refractivity contribution is 6.45. The highest BCUT2D eigenvalue weighted by Crippen LogP contribution is 2.19. The van der Waals surface area contributed by atoms with Gasteiger partial charge >= 0.3 is 0 Å². The van der Waals surface area contributed by atoms with E-state index in [1.54, 1.807) is 19.1 Å². The molecule has 2 N–H and O–H groups in total. The fourth-order valence-corrected chi connectivity index (χ4v) is 3.01. The lowest BCUT2D eigenvalue weighted by atomic mass is 10.1. The first-order valence-corrected chi connectivity index (χ1v) is 9.37. The average Bonchev–Trinajstić information content (AvgIpc) is 2.75. The predicted octanol–water partition coefficient (Wildman–Crippen LogP) is 2.28. The molecule has 0 aliphatic rings. The van der Waals surface area contributed by atoms with Gasteiger partial charge < -0.3 is 10.6 Å². The zero-order valence-electron chi connectivity index (χ0n) is 16.8. The molecule has 0 atom stereocenters. The molecular weight excluding hydrogens is 378 g/mol. The van der Waals surface area contributed by atoms with E-state index in [-0.39, 0.29) is 30.6 Å². The number of benzene rings is 2. The third-order valence-corrected chi connectivity index (χ3v) is 4.42. The van der Waals surface area contributed by atoms with Gasteiger partial charge in [-0.3, -0.25) is 14.6 Å². The molecule has 0 saturated carbocycles. The number of aromatic nitrogens is 2. The third-order valence-electron chi connectivity index (χ3n) is 4.42. The van der Waals surface area contributed by atoms with Crippen LogP contribution in [0, 0.1) is 12.3 Å². The largest absolute Gasteiger partial charge is 0.350 e. The van der Waals surface area contributed by atoms with Crippen molar-refractivity contribution < 1.29 is 9.59 Å². The number of amides is 2. The second kappa shape index (κ2) is 9.43. The Morgan fingerprint density at radius 3 is 2.40 bits per heavy atom. The van der Waals surface area contributed by atoms with E-state index < -0.39 is 0 Å². The monoisotopic (exact) mass is 399 g/mol. The Hall–Kier alpha value is -4.05. The molecule has 0 saturated heterocycles. The Morgan fingerprint density at radius 2 is 1.70 bits per heavy atom. The summed E-state index contributed by atoms with van der Waals surface area (Å²) in [7, 11) is 1.52. The molecule has 2 amide bonds. The summed E-state index contributed by atoms with van der Waals surface area (Å²) in [5.41, 5.74) is 3.97. The Morgan fingerprint density at radius 1 is 1.03 bits per heavy atom. The number of allylic oxidation sites excluding steroid dienone is 1. The van der Waals surface area contributed by atoms with Gasteiger partial charge in [0.15, 0.2) is 0 Å². The molecule has 0 fully saturated rings. The van der Waals surface area contributed by atoms with Crippen LogP contribution in [0.5, 0.6) is 0 Å². The third kappa shape index (κ3) is 4.50. The van der Waals surface area contributed by atoms with Gasteiger partial charge in [-0.05, 0) is 42.8 Å². The normalized spacial score (nSPS) is 11.9. The molecule has 2 aromatic carbocycles. The van der Waals surface area contributed by atoms with E-state index in [0.717, 1.165) is 11.0 Å². The molecule has 0 bridgehead atoms. The van der Waals surface area contributed by atoms with E-state index >= 15 is 0 Å². The van der Waals surface area contributed by atoms with E-state index in [4.69, 9.17) is 6.42 Å². The molecule has 3 rings (SSSR count). The molecule has 30 heavy (non-hydrogen) atoms. The van der Waals surface area contributed by atoms with E-state index in [1.807, 2.05) is 30.3 Å². The van der Waals surface area contributed by atoms with Crippen molar-refractivity contribution in [2.75, 3.05) is 20.1 Å². The first kappa shape index (κ1) is 20.7. The summed E-state index contributed by atoms with van der Waals surface area (Å²) in [5.74, 6) is 1.74. The maximum Gasteiger partial charge on any atom is 0.269 e. The molecule has 1 aromatic heterocycles. The van der Waals surface area contributed by atoms with Gasteiger partial charge in [0.05, 0.1) is 22.1 Å². The number of terminal acetylenes is 1. The van der Waals surface area contributed by atoms with Gasteiger partial charge in [0.25, 0.3) is 11.8 Å². The van der Waals surface area contributed by atoms with Crippen molar-refractivity contribution in [3.63, 3.8) is 0 Å². The van der Waals surface area contributed by atoms with Gasteiger partial charge in [0.2, 0.25) is 0 Å². The number of carbonyl (C=O) groups excluding carboxylic acids is 2. The fraction of sp³-hybridized carbons (Fsp3) is 0.174. The number of para-hydroxylation sites is 3. The molecule has 1 heterocycles. The molecule has 7 heteroatoms. The molecule has 0 radical (unpaired) electrons. The van der Waals surface area contributed by atoms with Gasteiger partial charge in [-0.15, -0.1) is 6.42 Å². The van der Waals surface area contributed by atoms with Gasteiger partial charge in [-0.25, -0.2) is 9.97 Å². The zero-order chi connectivity index (χ0) is 21.5. The molecule has 150 valence electrons. The summed E-state index contributed by atoms with van der Waals surface area (Å²) >= 11 is 0. The maximum atomic E-state index is 12.7. The van der Waals surface area contributed by atoms with E-state index in [1.165, 1.54) is 13.1 Å². The quantitative estimate of drug-likeness (QED) is 0.288. The second-order valence-electron chi connectivity index (χ2n) is 6.46. The van der Waals surface area contributed by atoms with E-state index in [2.05, 4.69) is 31.5 Å². The first-order valence-electron chi connectivity index (χ1n) is 9.37. The van der Waals surface area contributed by atoms with Crippen molar-refractivity contribution in [1.82, 2.24) is 20.6 Å². The summed E-state index contributed by atoms with van der Waals surface area (Å²) < 4.78 is 0. The smallest absolute Gasteiger partial charge is 0.269 e. The number of hydrogen-bond donors (Lipinski definition) is 2. The minimum atomic E-state index is -0.349. The maximum absolute atomic E-state index is 12.7. The second-order valence-corrected chi connectivity index (χ2v) is 6.46. The minimum Gasteiger partial charge on any atom is -0.350 e. The first-order chi connectivity index (χ1) is 14.5. The minimum absolute atomic E-state index is 0.242. The summed E-state index contributed by atoms with van der Waals surface area (Å²) in [6.07, 6.45) is 6.71. The number of nitrogens with zero attached hydrogens (tertiary/aromatic N) is 3. The Bertz CT molecular complexity index is 1220. The van der Waals surface area contributed by atoms with Gasteiger partial charge in [0.1, 0.15) is 11.2 Å². The molecule has 3 aromatic rings. The summed E-state index contributed by atoms with van der Waals surface area (Å²) in [6.45, 7) is 2.21. The van der Waals surface area contributed by atoms with Crippen LogP contribution in [0.4, 0.5) is 0 Å².